The number of carbonyl (C=O) groups excluding carboxylic acids is 1. The van der Waals surface area contributed by atoms with Crippen molar-refractivity contribution in [3.8, 4) is 5.69 Å². The van der Waals surface area contributed by atoms with E-state index in [2.05, 4.69) is 20.5 Å². The molecule has 2 saturated heterocycles. The van der Waals surface area contributed by atoms with E-state index in [1.54, 1.807) is 17.2 Å². The second-order valence-electron chi connectivity index (χ2n) is 8.96. The van der Waals surface area contributed by atoms with Crippen LogP contribution in [0.3, 0.4) is 0 Å². The predicted octanol–water partition coefficient (Wildman–Crippen LogP) is 0.447. The standard InChI is InChI=1S/C22H29N7O2/c1-14-10-28(9-7-24-14)21(30)25-19-6-8-29(22(31)26-19)16-4-2-15(3-5-16)11-27-12-17-18(13-27)20(17)23/h2-6,8,14,17-18,20,24H,7,9-13,23H2,1H3,(H,25,26,30,31)/t14-,17-,18?,20?/m1/s1. The first-order chi connectivity index (χ1) is 15.0. The summed E-state index contributed by atoms with van der Waals surface area (Å²) in [6, 6.07) is 10.0. The van der Waals surface area contributed by atoms with Crippen LogP contribution in [0.4, 0.5) is 10.6 Å². The lowest BCUT2D eigenvalue weighted by Crippen LogP contribution is -2.52. The van der Waals surface area contributed by atoms with Crippen molar-refractivity contribution in [2.75, 3.05) is 38.0 Å². The molecule has 2 amide bonds. The van der Waals surface area contributed by atoms with Gasteiger partial charge in [-0.1, -0.05) is 12.1 Å². The molecule has 4 N–H and O–H groups in total. The fourth-order valence-electron chi connectivity index (χ4n) is 4.78. The molecule has 1 aromatic heterocycles. The smallest absolute Gasteiger partial charge is 0.327 e. The van der Waals surface area contributed by atoms with Crippen molar-refractivity contribution in [1.82, 2.24) is 24.7 Å². The van der Waals surface area contributed by atoms with E-state index < -0.39 is 5.69 Å². The lowest BCUT2D eigenvalue weighted by atomic mass is 10.2. The number of nitrogens with one attached hydrogen (secondary N) is 2. The maximum Gasteiger partial charge on any atom is 0.354 e. The number of hydrogen-bond donors (Lipinski definition) is 3. The Bertz CT molecular complexity index is 1010. The highest BCUT2D eigenvalue weighted by molar-refractivity contribution is 5.88. The third kappa shape index (κ3) is 4.21. The Morgan fingerprint density at radius 3 is 2.61 bits per heavy atom. The largest absolute Gasteiger partial charge is 0.354 e. The van der Waals surface area contributed by atoms with Crippen molar-refractivity contribution in [2.24, 2.45) is 17.6 Å². The van der Waals surface area contributed by atoms with Crippen molar-refractivity contribution in [3.05, 3.63) is 52.6 Å². The first-order valence-electron chi connectivity index (χ1n) is 10.9. The SMILES string of the molecule is C[C@@H]1CN(C(=O)Nc2ccn(-c3ccc(CN4CC5C(N)[C@@H]5C4)cc3)c(=O)n2)CCN1. The number of fused-ring (bicyclic) bond motifs is 1. The van der Waals surface area contributed by atoms with E-state index in [0.717, 1.165) is 31.9 Å². The summed E-state index contributed by atoms with van der Waals surface area (Å²) in [6.07, 6.45) is 1.65. The van der Waals surface area contributed by atoms with Gasteiger partial charge in [0, 0.05) is 57.5 Å². The average Bonchev–Trinajstić information content (AvgIpc) is 3.15. The quantitative estimate of drug-likeness (QED) is 0.659. The summed E-state index contributed by atoms with van der Waals surface area (Å²) in [7, 11) is 0. The Kier molecular flexibility index (Phi) is 5.25. The molecule has 5 rings (SSSR count). The second kappa shape index (κ2) is 8.07. The normalized spacial score (nSPS) is 27.7. The minimum atomic E-state index is -0.423. The Balaban J connectivity index is 1.21. The van der Waals surface area contributed by atoms with Crippen LogP contribution in [0.2, 0.25) is 0 Å². The van der Waals surface area contributed by atoms with E-state index in [1.165, 1.54) is 10.1 Å². The van der Waals surface area contributed by atoms with Crippen molar-refractivity contribution in [1.29, 1.82) is 0 Å². The molecule has 2 aromatic rings. The molecular weight excluding hydrogens is 394 g/mol. The van der Waals surface area contributed by atoms with Crippen LogP contribution in [0.15, 0.2) is 41.3 Å². The Labute approximate surface area is 181 Å². The number of hydrogen-bond acceptors (Lipinski definition) is 6. The summed E-state index contributed by atoms with van der Waals surface area (Å²) >= 11 is 0. The lowest BCUT2D eigenvalue weighted by Gasteiger charge is -2.31. The summed E-state index contributed by atoms with van der Waals surface area (Å²) in [6.45, 7) is 7.11. The third-order valence-corrected chi connectivity index (χ3v) is 6.65. The number of carbonyl (C=O) groups is 1. The summed E-state index contributed by atoms with van der Waals surface area (Å²) in [5.74, 6) is 1.62. The van der Waals surface area contributed by atoms with Crippen molar-refractivity contribution < 1.29 is 4.79 Å². The van der Waals surface area contributed by atoms with E-state index in [0.29, 0.717) is 31.0 Å². The summed E-state index contributed by atoms with van der Waals surface area (Å²) in [5.41, 5.74) is 7.56. The average molecular weight is 424 g/mol. The second-order valence-corrected chi connectivity index (χ2v) is 8.96. The number of amides is 2. The van der Waals surface area contributed by atoms with E-state index in [1.807, 2.05) is 31.2 Å². The highest BCUT2D eigenvalue weighted by atomic mass is 16.2. The molecule has 3 heterocycles. The van der Waals surface area contributed by atoms with Gasteiger partial charge in [0.25, 0.3) is 0 Å². The molecule has 9 nitrogen and oxygen atoms in total. The number of nitrogens with two attached hydrogens (primary N) is 1. The summed E-state index contributed by atoms with van der Waals surface area (Å²) < 4.78 is 1.48. The maximum atomic E-state index is 12.5. The van der Waals surface area contributed by atoms with Gasteiger partial charge in [-0.15, -0.1) is 0 Å². The number of anilines is 1. The molecule has 0 radical (unpaired) electrons. The minimum Gasteiger partial charge on any atom is -0.327 e. The third-order valence-electron chi connectivity index (χ3n) is 6.65. The predicted molar refractivity (Wildman–Crippen MR) is 118 cm³/mol. The van der Waals surface area contributed by atoms with Crippen LogP contribution in [-0.4, -0.2) is 70.2 Å². The number of nitrogens with zero attached hydrogens (tertiary/aromatic N) is 4. The van der Waals surface area contributed by atoms with Crippen molar-refractivity contribution in [2.45, 2.75) is 25.6 Å². The zero-order valence-electron chi connectivity index (χ0n) is 17.7. The zero-order chi connectivity index (χ0) is 21.5. The van der Waals surface area contributed by atoms with Crippen LogP contribution < -0.4 is 22.1 Å². The molecular formula is C22H29N7O2. The first-order valence-corrected chi connectivity index (χ1v) is 10.9. The Morgan fingerprint density at radius 1 is 1.19 bits per heavy atom. The van der Waals surface area contributed by atoms with Crippen LogP contribution in [0.25, 0.3) is 5.69 Å². The molecule has 1 aliphatic carbocycles. The molecule has 1 aromatic carbocycles. The van der Waals surface area contributed by atoms with Gasteiger partial charge < -0.3 is 16.0 Å². The van der Waals surface area contributed by atoms with Gasteiger partial charge in [-0.05, 0) is 42.5 Å². The lowest BCUT2D eigenvalue weighted by molar-refractivity contribution is 0.192. The molecule has 3 fully saturated rings. The van der Waals surface area contributed by atoms with Crippen LogP contribution >= 0.6 is 0 Å². The van der Waals surface area contributed by atoms with Gasteiger partial charge in [0.2, 0.25) is 0 Å². The first kappa shape index (κ1) is 20.2. The van der Waals surface area contributed by atoms with E-state index in [-0.39, 0.29) is 17.9 Å². The molecule has 1 saturated carbocycles. The minimum absolute atomic E-state index is 0.233. The molecule has 4 atom stereocenters. The Hall–Kier alpha value is -2.75. The van der Waals surface area contributed by atoms with Gasteiger partial charge >= 0.3 is 11.7 Å². The topological polar surface area (TPSA) is 109 Å². The monoisotopic (exact) mass is 423 g/mol. The summed E-state index contributed by atoms with van der Waals surface area (Å²) in [4.78, 5) is 33.2. The molecule has 0 spiro atoms. The molecule has 0 bridgehead atoms. The molecule has 2 aliphatic heterocycles. The summed E-state index contributed by atoms with van der Waals surface area (Å²) in [5, 5.41) is 6.03. The molecule has 164 valence electrons. The zero-order valence-corrected chi connectivity index (χ0v) is 17.7. The number of benzene rings is 1. The number of rotatable bonds is 4. The number of piperazine rings is 1. The van der Waals surface area contributed by atoms with Gasteiger partial charge in [0.05, 0.1) is 5.69 Å². The Morgan fingerprint density at radius 2 is 1.94 bits per heavy atom. The van der Waals surface area contributed by atoms with Gasteiger partial charge in [-0.2, -0.15) is 4.98 Å². The van der Waals surface area contributed by atoms with Crippen LogP contribution in [-0.2, 0) is 6.54 Å². The fraction of sp³-hybridized carbons (Fsp3) is 0.500. The van der Waals surface area contributed by atoms with Gasteiger partial charge in [-0.3, -0.25) is 14.8 Å². The highest BCUT2D eigenvalue weighted by Crippen LogP contribution is 2.44. The van der Waals surface area contributed by atoms with E-state index in [9.17, 15) is 9.59 Å². The fourth-order valence-corrected chi connectivity index (χ4v) is 4.78. The van der Waals surface area contributed by atoms with E-state index >= 15 is 0 Å². The molecule has 31 heavy (non-hydrogen) atoms. The number of aromatic nitrogens is 2. The maximum absolute atomic E-state index is 12.5. The number of piperidine rings is 1. The van der Waals surface area contributed by atoms with Crippen LogP contribution in [0, 0.1) is 11.8 Å². The molecule has 3 aliphatic rings. The van der Waals surface area contributed by atoms with Gasteiger partial charge in [0.1, 0.15) is 5.82 Å². The van der Waals surface area contributed by atoms with Crippen molar-refractivity contribution in [3.63, 3.8) is 0 Å². The number of likely N-dealkylation sites (tertiary alicyclic amines) is 1. The van der Waals surface area contributed by atoms with Gasteiger partial charge in [0.15, 0.2) is 0 Å². The van der Waals surface area contributed by atoms with Gasteiger partial charge in [-0.25, -0.2) is 9.59 Å². The van der Waals surface area contributed by atoms with Crippen molar-refractivity contribution >= 4 is 11.8 Å². The van der Waals surface area contributed by atoms with Crippen LogP contribution in [0.5, 0.6) is 0 Å². The highest BCUT2D eigenvalue weighted by Gasteiger charge is 2.53. The molecule has 2 unspecified atom stereocenters. The van der Waals surface area contributed by atoms with Crippen LogP contribution in [0.1, 0.15) is 12.5 Å². The number of urea groups is 1. The molecule has 9 heteroatoms. The van der Waals surface area contributed by atoms with E-state index in [4.69, 9.17) is 5.73 Å².